The van der Waals surface area contributed by atoms with Gasteiger partial charge in [0, 0.05) is 17.8 Å². The van der Waals surface area contributed by atoms with Gasteiger partial charge in [-0.05, 0) is 47.8 Å². The van der Waals surface area contributed by atoms with Crippen LogP contribution in [-0.2, 0) is 19.8 Å². The molecule has 0 bridgehead atoms. The number of nitrogens with one attached hydrogen (secondary N) is 3. The lowest BCUT2D eigenvalue weighted by Gasteiger charge is -2.32. The molecule has 1 unspecified atom stereocenters. The maximum absolute atomic E-state index is 12.5. The molecule has 0 saturated carbocycles. The summed E-state index contributed by atoms with van der Waals surface area (Å²) in [6, 6.07) is 5.70. The Kier molecular flexibility index (Phi) is 3.88. The van der Waals surface area contributed by atoms with Gasteiger partial charge in [0.15, 0.2) is 6.20 Å². The van der Waals surface area contributed by atoms with Gasteiger partial charge in [0.25, 0.3) is 5.96 Å². The highest BCUT2D eigenvalue weighted by atomic mass is 16.2. The second-order valence-corrected chi connectivity index (χ2v) is 9.56. The van der Waals surface area contributed by atoms with Crippen molar-refractivity contribution in [2.75, 3.05) is 23.7 Å². The van der Waals surface area contributed by atoms with Gasteiger partial charge in [0.1, 0.15) is 6.21 Å². The van der Waals surface area contributed by atoms with E-state index in [1.807, 2.05) is 43.3 Å². The van der Waals surface area contributed by atoms with Crippen LogP contribution < -0.4 is 16.0 Å². The molecule has 1 aromatic carbocycles. The summed E-state index contributed by atoms with van der Waals surface area (Å²) in [6.45, 7) is 4.76. The fraction of sp³-hybridized carbons (Fsp3) is 0.364. The number of anilines is 2. The first kappa shape index (κ1) is 19.9. The highest BCUT2D eigenvalue weighted by molar-refractivity contribution is 6.30. The molecule has 5 aliphatic heterocycles. The lowest BCUT2D eigenvalue weighted by atomic mass is 9.85. The molecule has 3 N–H and O–H groups in total. The Hall–Kier alpha value is -3.70. The molecule has 6 rings (SSSR count). The molecule has 5 aliphatic rings. The number of carbonyl (C=O) groups excluding carboxylic acids is 3. The number of benzene rings is 1. The number of hydrogen-bond donors (Lipinski definition) is 3. The Morgan fingerprint density at radius 1 is 1.15 bits per heavy atom. The molecule has 11 heteroatoms. The summed E-state index contributed by atoms with van der Waals surface area (Å²) in [5.41, 5.74) is 1.15. The predicted octanol–water partition coefficient (Wildman–Crippen LogP) is 1.04. The Bertz CT molecular complexity index is 1260. The number of hydrogen-bond acceptors (Lipinski definition) is 8. The van der Waals surface area contributed by atoms with Gasteiger partial charge in [0.2, 0.25) is 17.7 Å². The van der Waals surface area contributed by atoms with Gasteiger partial charge in [-0.15, -0.1) is 10.0 Å². The quantitative estimate of drug-likeness (QED) is 0.461. The molecule has 2 fully saturated rings. The molecule has 33 heavy (non-hydrogen) atoms. The maximum atomic E-state index is 12.5. The third-order valence-corrected chi connectivity index (χ3v) is 7.12. The van der Waals surface area contributed by atoms with E-state index in [-0.39, 0.29) is 28.8 Å². The van der Waals surface area contributed by atoms with Crippen LogP contribution in [0.4, 0.5) is 11.4 Å². The van der Waals surface area contributed by atoms with Crippen LogP contribution in [0.3, 0.4) is 0 Å². The van der Waals surface area contributed by atoms with Crippen molar-refractivity contribution >= 4 is 47.1 Å². The van der Waals surface area contributed by atoms with Gasteiger partial charge < -0.3 is 10.6 Å². The first-order valence-corrected chi connectivity index (χ1v) is 10.8. The molecular weight excluding hydrogens is 424 g/mol. The Morgan fingerprint density at radius 3 is 2.79 bits per heavy atom. The van der Waals surface area contributed by atoms with Crippen LogP contribution in [0.1, 0.15) is 32.3 Å². The average Bonchev–Trinajstić information content (AvgIpc) is 3.47. The van der Waals surface area contributed by atoms with Crippen molar-refractivity contribution in [1.29, 1.82) is 0 Å². The molecular formula is C22H23N8O3+. The van der Waals surface area contributed by atoms with Crippen LogP contribution in [-0.4, -0.2) is 58.5 Å². The first-order chi connectivity index (χ1) is 15.7. The molecule has 1 aromatic rings. The van der Waals surface area contributed by atoms with Gasteiger partial charge in [-0.3, -0.25) is 24.7 Å². The van der Waals surface area contributed by atoms with E-state index < -0.39 is 10.8 Å². The molecule has 3 amide bonds. The minimum absolute atomic E-state index is 0.0338. The van der Waals surface area contributed by atoms with Crippen LogP contribution in [0, 0.1) is 5.41 Å². The zero-order chi connectivity index (χ0) is 23.0. The van der Waals surface area contributed by atoms with Crippen molar-refractivity contribution < 1.29 is 19.1 Å². The van der Waals surface area contributed by atoms with Gasteiger partial charge in [-0.1, -0.05) is 6.07 Å². The zero-order valence-electron chi connectivity index (χ0n) is 18.3. The van der Waals surface area contributed by atoms with E-state index in [1.165, 1.54) is 0 Å². The number of fused-ring (bicyclic) bond motifs is 2. The van der Waals surface area contributed by atoms with Crippen molar-refractivity contribution in [3.63, 3.8) is 0 Å². The monoisotopic (exact) mass is 447 g/mol. The number of aliphatic imine (C=N–C) groups is 2. The number of amidine groups is 1. The normalized spacial score (nSPS) is 31.4. The summed E-state index contributed by atoms with van der Waals surface area (Å²) in [5.74, 6) is 0.502. The number of rotatable bonds is 2. The van der Waals surface area contributed by atoms with Gasteiger partial charge in [0.05, 0.1) is 30.1 Å². The summed E-state index contributed by atoms with van der Waals surface area (Å²) < 4.78 is -0.0379. The molecule has 0 aromatic heterocycles. The second kappa shape index (κ2) is 6.42. The SMILES string of the molecule is CC1(C)C(=O)Nc2cc(NC3=N[N+]4(N5CC[C@]6(CC(=O)NC6=O)C5)C=CN=CC4=N3)ccc21. The van der Waals surface area contributed by atoms with E-state index >= 15 is 0 Å². The van der Waals surface area contributed by atoms with Crippen molar-refractivity contribution in [1.82, 2.24) is 10.3 Å². The van der Waals surface area contributed by atoms with Gasteiger partial charge in [-0.25, -0.2) is 0 Å². The van der Waals surface area contributed by atoms with Crippen LogP contribution >= 0.6 is 0 Å². The summed E-state index contributed by atoms with van der Waals surface area (Å²) in [6.07, 6.45) is 5.88. The second-order valence-electron chi connectivity index (χ2n) is 9.56. The van der Waals surface area contributed by atoms with Gasteiger partial charge >= 0.3 is 5.84 Å². The number of amides is 3. The number of carbonyl (C=O) groups is 3. The molecule has 0 aliphatic carbocycles. The standard InChI is InChI=1S/C22H22N8O3/c1-21(2)14-4-3-13(9-15(14)25-18(21)32)24-20-26-16-11-23-6-8-30(16,28-20)29-7-5-22(12-29)10-17(31)27-19(22)33/h3-4,6,8-9,11H,5,7,10,12H2,1-2H3,(H2-,24,25,27,28,31,32,33)/p+1/t22-,30?/m0/s1. The predicted molar refractivity (Wildman–Crippen MR) is 121 cm³/mol. The molecule has 2 atom stereocenters. The van der Waals surface area contributed by atoms with E-state index in [2.05, 4.69) is 25.9 Å². The fourth-order valence-electron chi connectivity index (χ4n) is 5.15. The first-order valence-electron chi connectivity index (χ1n) is 10.8. The van der Waals surface area contributed by atoms with E-state index in [1.54, 1.807) is 12.4 Å². The largest absolute Gasteiger partial charge is 0.325 e. The number of nitrogens with zero attached hydrogens (tertiary/aromatic N) is 5. The smallest absolute Gasteiger partial charge is 0.301 e. The minimum Gasteiger partial charge on any atom is -0.325 e. The van der Waals surface area contributed by atoms with Crippen LogP contribution in [0.15, 0.2) is 45.7 Å². The highest BCUT2D eigenvalue weighted by Gasteiger charge is 2.58. The van der Waals surface area contributed by atoms with Crippen molar-refractivity contribution in [3.8, 4) is 0 Å². The minimum atomic E-state index is -0.728. The van der Waals surface area contributed by atoms with E-state index in [0.717, 1.165) is 16.9 Å². The number of imide groups is 1. The van der Waals surface area contributed by atoms with E-state index in [9.17, 15) is 14.4 Å². The summed E-state index contributed by atoms with van der Waals surface area (Å²) in [7, 11) is 0. The van der Waals surface area contributed by atoms with Gasteiger partial charge in [-0.2, -0.15) is 0 Å². The highest BCUT2D eigenvalue weighted by Crippen LogP contribution is 2.42. The number of guanidine groups is 1. The summed E-state index contributed by atoms with van der Waals surface area (Å²) >= 11 is 0. The third-order valence-electron chi connectivity index (χ3n) is 7.12. The summed E-state index contributed by atoms with van der Waals surface area (Å²) in [5, 5.41) is 15.5. The lowest BCUT2D eigenvalue weighted by Crippen LogP contribution is -2.56. The molecule has 168 valence electrons. The molecule has 1 spiro atoms. The van der Waals surface area contributed by atoms with Crippen LogP contribution in [0.2, 0.25) is 0 Å². The molecule has 5 heterocycles. The van der Waals surface area contributed by atoms with Crippen molar-refractivity contribution in [2.45, 2.75) is 32.1 Å². The summed E-state index contributed by atoms with van der Waals surface area (Å²) in [4.78, 5) is 45.4. The Labute approximate surface area is 189 Å². The number of quaternary nitrogens is 1. The topological polar surface area (TPSA) is 128 Å². The maximum Gasteiger partial charge on any atom is 0.301 e. The molecule has 0 radical (unpaired) electrons. The Morgan fingerprint density at radius 2 is 2.00 bits per heavy atom. The Balaban J connectivity index is 1.29. The fourth-order valence-corrected chi connectivity index (χ4v) is 5.15. The zero-order valence-corrected chi connectivity index (χ0v) is 18.3. The van der Waals surface area contributed by atoms with Crippen molar-refractivity contribution in [2.24, 2.45) is 20.5 Å². The van der Waals surface area contributed by atoms with E-state index in [4.69, 9.17) is 5.10 Å². The van der Waals surface area contributed by atoms with Crippen molar-refractivity contribution in [3.05, 3.63) is 36.2 Å². The third kappa shape index (κ3) is 2.75. The molecule has 2 saturated heterocycles. The molecule has 11 nitrogen and oxygen atoms in total. The van der Waals surface area contributed by atoms with Crippen LogP contribution in [0.25, 0.3) is 0 Å². The van der Waals surface area contributed by atoms with Crippen LogP contribution in [0.5, 0.6) is 0 Å². The lowest BCUT2D eigenvalue weighted by molar-refractivity contribution is -0.915. The van der Waals surface area contributed by atoms with E-state index in [0.29, 0.717) is 31.3 Å². The average molecular weight is 447 g/mol.